The molecule has 0 bridgehead atoms. The first-order valence-electron chi connectivity index (χ1n) is 8.19. The molecule has 1 aliphatic rings. The summed E-state index contributed by atoms with van der Waals surface area (Å²) in [6, 6.07) is 0.0218. The summed E-state index contributed by atoms with van der Waals surface area (Å²) in [6.45, 7) is 4.89. The molecule has 7 heteroatoms. The number of aryl methyl sites for hydroxylation is 1. The summed E-state index contributed by atoms with van der Waals surface area (Å²) in [5.74, 6) is 0. The highest BCUT2D eigenvalue weighted by atomic mass is 32.1. The Hall–Kier alpha value is -1.89. The van der Waals surface area contributed by atoms with Crippen molar-refractivity contribution in [1.82, 2.24) is 25.4 Å². The second kappa shape index (κ2) is 7.12. The van der Waals surface area contributed by atoms with E-state index in [1.165, 1.54) is 4.88 Å². The molecule has 2 aromatic heterocycles. The van der Waals surface area contributed by atoms with Crippen molar-refractivity contribution in [2.45, 2.75) is 51.6 Å². The number of hydrogen-bond donors (Lipinski definition) is 2. The van der Waals surface area contributed by atoms with E-state index < -0.39 is 0 Å². The summed E-state index contributed by atoms with van der Waals surface area (Å²) in [5, 5.41) is 10.9. The van der Waals surface area contributed by atoms with Crippen LogP contribution in [0.25, 0.3) is 0 Å². The van der Waals surface area contributed by atoms with E-state index in [1.54, 1.807) is 11.3 Å². The maximum atomic E-state index is 12.7. The zero-order chi connectivity index (χ0) is 16.2. The van der Waals surface area contributed by atoms with E-state index in [1.807, 2.05) is 30.4 Å². The molecule has 2 N–H and O–H groups in total. The minimum Gasteiger partial charge on any atom is -0.329 e. The van der Waals surface area contributed by atoms with Gasteiger partial charge in [0.25, 0.3) is 0 Å². The molecule has 1 aliphatic heterocycles. The third-order valence-corrected chi connectivity index (χ3v) is 5.62. The van der Waals surface area contributed by atoms with Crippen LogP contribution in [0.1, 0.15) is 60.6 Å². The van der Waals surface area contributed by atoms with Gasteiger partial charge in [0.2, 0.25) is 0 Å². The number of carbonyl (C=O) groups excluding carboxylic acids is 1. The van der Waals surface area contributed by atoms with Gasteiger partial charge >= 0.3 is 6.03 Å². The molecule has 0 aliphatic carbocycles. The van der Waals surface area contributed by atoms with Gasteiger partial charge in [-0.3, -0.25) is 5.10 Å². The van der Waals surface area contributed by atoms with Gasteiger partial charge in [-0.2, -0.15) is 5.10 Å². The van der Waals surface area contributed by atoms with Gasteiger partial charge in [0.15, 0.2) is 0 Å². The molecule has 23 heavy (non-hydrogen) atoms. The van der Waals surface area contributed by atoms with E-state index in [4.69, 9.17) is 0 Å². The standard InChI is InChI=1S/C16H23N5OS/c1-3-13-10-17-15(23-13)11(2)20-16(22)21-7-5-4-6-14(21)12-8-18-19-9-12/h8-11,14H,3-7H2,1-2H3,(H,18,19)(H,20,22). The molecule has 1 fully saturated rings. The number of hydrogen-bond acceptors (Lipinski definition) is 4. The number of urea groups is 1. The lowest BCUT2D eigenvalue weighted by molar-refractivity contribution is 0.149. The number of likely N-dealkylation sites (tertiary alicyclic amines) is 1. The number of aromatic amines is 1. The van der Waals surface area contributed by atoms with Gasteiger partial charge in [-0.25, -0.2) is 9.78 Å². The van der Waals surface area contributed by atoms with Crippen LogP contribution in [-0.4, -0.2) is 32.7 Å². The lowest BCUT2D eigenvalue weighted by Crippen LogP contribution is -2.45. The minimum atomic E-state index is -0.0697. The average Bonchev–Trinajstić information content (AvgIpc) is 3.26. The van der Waals surface area contributed by atoms with E-state index >= 15 is 0 Å². The van der Waals surface area contributed by atoms with Gasteiger partial charge in [0.05, 0.1) is 18.3 Å². The van der Waals surface area contributed by atoms with Gasteiger partial charge in [0.1, 0.15) is 5.01 Å². The third-order valence-electron chi connectivity index (χ3n) is 4.30. The maximum Gasteiger partial charge on any atom is 0.318 e. The fourth-order valence-electron chi connectivity index (χ4n) is 2.98. The number of aromatic nitrogens is 3. The van der Waals surface area contributed by atoms with Crippen molar-refractivity contribution >= 4 is 17.4 Å². The highest BCUT2D eigenvalue weighted by Gasteiger charge is 2.29. The lowest BCUT2D eigenvalue weighted by atomic mass is 9.98. The average molecular weight is 333 g/mol. The Balaban J connectivity index is 1.68. The van der Waals surface area contributed by atoms with Crippen LogP contribution in [0.15, 0.2) is 18.6 Å². The molecule has 6 nitrogen and oxygen atoms in total. The molecule has 3 rings (SSSR count). The van der Waals surface area contributed by atoms with E-state index in [0.717, 1.165) is 42.8 Å². The van der Waals surface area contributed by atoms with E-state index in [-0.39, 0.29) is 18.1 Å². The normalized spacial score (nSPS) is 19.6. The topological polar surface area (TPSA) is 73.9 Å². The fourth-order valence-corrected chi connectivity index (χ4v) is 3.84. The summed E-state index contributed by atoms with van der Waals surface area (Å²) < 4.78 is 0. The van der Waals surface area contributed by atoms with Crippen LogP contribution in [0, 0.1) is 0 Å². The van der Waals surface area contributed by atoms with Crippen molar-refractivity contribution in [3.05, 3.63) is 34.0 Å². The Bertz CT molecular complexity index is 639. The van der Waals surface area contributed by atoms with Crippen molar-refractivity contribution < 1.29 is 4.79 Å². The van der Waals surface area contributed by atoms with Crippen LogP contribution in [0.3, 0.4) is 0 Å². The molecule has 124 valence electrons. The monoisotopic (exact) mass is 333 g/mol. The molecule has 2 aromatic rings. The number of carbonyl (C=O) groups is 1. The quantitative estimate of drug-likeness (QED) is 0.900. The van der Waals surface area contributed by atoms with Crippen LogP contribution >= 0.6 is 11.3 Å². The fraction of sp³-hybridized carbons (Fsp3) is 0.562. The molecule has 2 amide bonds. The van der Waals surface area contributed by atoms with Crippen molar-refractivity contribution in [2.24, 2.45) is 0 Å². The van der Waals surface area contributed by atoms with E-state index in [2.05, 4.69) is 27.4 Å². The zero-order valence-electron chi connectivity index (χ0n) is 13.6. The molecule has 0 saturated carbocycles. The van der Waals surface area contributed by atoms with Crippen molar-refractivity contribution in [1.29, 1.82) is 0 Å². The summed E-state index contributed by atoms with van der Waals surface area (Å²) >= 11 is 1.67. The van der Waals surface area contributed by atoms with Crippen molar-refractivity contribution in [2.75, 3.05) is 6.54 Å². The van der Waals surface area contributed by atoms with Gasteiger partial charge in [-0.1, -0.05) is 6.92 Å². The predicted molar refractivity (Wildman–Crippen MR) is 90.3 cm³/mol. The SMILES string of the molecule is CCc1cnc(C(C)NC(=O)N2CCCCC2c2cn[nH]c2)s1. The first-order chi connectivity index (χ1) is 11.2. The molecule has 0 spiro atoms. The first-order valence-corrected chi connectivity index (χ1v) is 9.01. The molecule has 0 aromatic carbocycles. The van der Waals surface area contributed by atoms with Gasteiger partial charge in [-0.05, 0) is 32.6 Å². The van der Waals surface area contributed by atoms with Crippen molar-refractivity contribution in [3.63, 3.8) is 0 Å². The molecule has 0 radical (unpaired) electrons. The van der Waals surface area contributed by atoms with Crippen LogP contribution in [0.4, 0.5) is 4.79 Å². The highest BCUT2D eigenvalue weighted by molar-refractivity contribution is 7.11. The number of piperidine rings is 1. The number of H-pyrrole nitrogens is 1. The molecule has 3 heterocycles. The molecule has 2 unspecified atom stereocenters. The number of amides is 2. The Morgan fingerprint density at radius 2 is 2.39 bits per heavy atom. The van der Waals surface area contributed by atoms with E-state index in [0.29, 0.717) is 0 Å². The first kappa shape index (κ1) is 16.0. The summed E-state index contributed by atoms with van der Waals surface area (Å²) in [5.41, 5.74) is 1.08. The number of nitrogens with one attached hydrogen (secondary N) is 2. The van der Waals surface area contributed by atoms with Gasteiger partial charge in [0, 0.05) is 29.4 Å². The van der Waals surface area contributed by atoms with Crippen LogP contribution < -0.4 is 5.32 Å². The third kappa shape index (κ3) is 3.55. The largest absolute Gasteiger partial charge is 0.329 e. The zero-order valence-corrected chi connectivity index (χ0v) is 14.4. The predicted octanol–water partition coefficient (Wildman–Crippen LogP) is 3.43. The lowest BCUT2D eigenvalue weighted by Gasteiger charge is -2.35. The van der Waals surface area contributed by atoms with Crippen molar-refractivity contribution in [3.8, 4) is 0 Å². The van der Waals surface area contributed by atoms with Crippen LogP contribution in [0.2, 0.25) is 0 Å². The molecule has 2 atom stereocenters. The minimum absolute atomic E-state index is 0.0170. The molecule has 1 saturated heterocycles. The summed E-state index contributed by atoms with van der Waals surface area (Å²) in [4.78, 5) is 20.3. The van der Waals surface area contributed by atoms with E-state index in [9.17, 15) is 4.79 Å². The van der Waals surface area contributed by atoms with Crippen LogP contribution in [0.5, 0.6) is 0 Å². The second-order valence-corrected chi connectivity index (χ2v) is 7.07. The molecular formula is C16H23N5OS. The highest BCUT2D eigenvalue weighted by Crippen LogP contribution is 2.30. The number of rotatable bonds is 4. The summed E-state index contributed by atoms with van der Waals surface area (Å²) in [6.07, 6.45) is 9.75. The number of thiazole rings is 1. The Kier molecular flexibility index (Phi) is 4.95. The van der Waals surface area contributed by atoms with Gasteiger partial charge in [-0.15, -0.1) is 11.3 Å². The Labute approximate surface area is 140 Å². The van der Waals surface area contributed by atoms with Gasteiger partial charge < -0.3 is 10.2 Å². The smallest absolute Gasteiger partial charge is 0.318 e. The Morgan fingerprint density at radius 3 is 3.09 bits per heavy atom. The van der Waals surface area contributed by atoms with Crippen LogP contribution in [-0.2, 0) is 6.42 Å². The summed E-state index contributed by atoms with van der Waals surface area (Å²) in [7, 11) is 0. The second-order valence-electron chi connectivity index (χ2n) is 5.93. The molecular weight excluding hydrogens is 310 g/mol. The maximum absolute atomic E-state index is 12.7. The Morgan fingerprint density at radius 1 is 1.52 bits per heavy atom. The number of nitrogens with zero attached hydrogens (tertiary/aromatic N) is 3.